The number of aromatic nitrogens is 3. The van der Waals surface area contributed by atoms with E-state index in [0.717, 1.165) is 4.47 Å². The Bertz CT molecular complexity index is 1440. The monoisotopic (exact) mass is 564 g/mol. The molecule has 182 valence electrons. The molecule has 5 rings (SSSR count). The first kappa shape index (κ1) is 24.1. The highest BCUT2D eigenvalue weighted by Gasteiger charge is 2.38. The van der Waals surface area contributed by atoms with Crippen LogP contribution < -0.4 is 19.1 Å². The molecule has 3 aromatic carbocycles. The van der Waals surface area contributed by atoms with Crippen molar-refractivity contribution in [3.63, 3.8) is 0 Å². The fraction of sp³-hybridized carbons (Fsp3) is 0.154. The Morgan fingerprint density at radius 2 is 1.78 bits per heavy atom. The molecule has 10 heteroatoms. The number of thioether (sulfide) groups is 1. The van der Waals surface area contributed by atoms with E-state index in [-0.39, 0.29) is 11.8 Å². The number of para-hydroxylation sites is 1. The van der Waals surface area contributed by atoms with Crippen molar-refractivity contribution in [3.8, 4) is 28.6 Å². The largest absolute Gasteiger partial charge is 0.493 e. The number of carbonyl (C=O) groups excluding carboxylic acids is 1. The molecule has 8 nitrogen and oxygen atoms in total. The zero-order chi connectivity index (χ0) is 25.2. The van der Waals surface area contributed by atoms with E-state index in [9.17, 15) is 4.79 Å². The van der Waals surface area contributed by atoms with Crippen molar-refractivity contribution < 1.29 is 19.0 Å². The molecule has 36 heavy (non-hydrogen) atoms. The maximum Gasteiger partial charge on any atom is 0.261 e. The molecule has 0 radical (unpaired) electrons. The molecule has 0 spiro atoms. The number of carbonyl (C=O) groups is 1. The topological polar surface area (TPSA) is 86.7 Å². The van der Waals surface area contributed by atoms with Crippen LogP contribution in [0.4, 0.5) is 5.69 Å². The van der Waals surface area contributed by atoms with Gasteiger partial charge >= 0.3 is 0 Å². The lowest BCUT2D eigenvalue weighted by Crippen LogP contribution is -2.38. The van der Waals surface area contributed by atoms with E-state index >= 15 is 0 Å². The molecule has 0 aliphatic carbocycles. The second kappa shape index (κ2) is 10.2. The van der Waals surface area contributed by atoms with Gasteiger partial charge in [0.15, 0.2) is 17.2 Å². The maximum atomic E-state index is 14.1. The number of halogens is 1. The molecule has 1 amide bonds. The quantitative estimate of drug-likeness (QED) is 0.282. The molecule has 0 saturated carbocycles. The van der Waals surface area contributed by atoms with Crippen molar-refractivity contribution in [1.29, 1.82) is 0 Å². The third kappa shape index (κ3) is 4.27. The van der Waals surface area contributed by atoms with Crippen LogP contribution in [0.1, 0.15) is 22.1 Å². The second-order valence-electron chi connectivity index (χ2n) is 7.71. The van der Waals surface area contributed by atoms with Gasteiger partial charge in [0.1, 0.15) is 0 Å². The number of anilines is 1. The zero-order valence-corrected chi connectivity index (χ0v) is 22.0. The van der Waals surface area contributed by atoms with Gasteiger partial charge in [-0.05, 0) is 36.6 Å². The molecule has 0 N–H and O–H groups in total. The number of amides is 1. The molecule has 1 aromatic heterocycles. The van der Waals surface area contributed by atoms with Crippen LogP contribution in [0.5, 0.6) is 17.4 Å². The van der Waals surface area contributed by atoms with Gasteiger partial charge in [-0.25, -0.2) is 0 Å². The Morgan fingerprint density at radius 3 is 2.50 bits per heavy atom. The minimum absolute atomic E-state index is 0.260. The molecule has 4 aromatic rings. The summed E-state index contributed by atoms with van der Waals surface area (Å²) in [5.41, 5.74) is 2.78. The van der Waals surface area contributed by atoms with Crippen LogP contribution in [0.2, 0.25) is 0 Å². The fourth-order valence-corrected chi connectivity index (χ4v) is 4.84. The third-order valence-corrected chi connectivity index (χ3v) is 6.67. The number of ether oxygens (including phenoxy) is 3. The smallest absolute Gasteiger partial charge is 0.261 e. The Kier molecular flexibility index (Phi) is 6.80. The summed E-state index contributed by atoms with van der Waals surface area (Å²) < 4.78 is 18.6. The van der Waals surface area contributed by atoms with Gasteiger partial charge in [-0.15, -0.1) is 10.2 Å². The average molecular weight is 565 g/mol. The van der Waals surface area contributed by atoms with Gasteiger partial charge in [0, 0.05) is 15.6 Å². The number of nitrogens with zero attached hydrogens (tertiary/aromatic N) is 4. The van der Waals surface area contributed by atoms with Crippen LogP contribution in [0, 0.1) is 0 Å². The first-order valence-electron chi connectivity index (χ1n) is 10.9. The van der Waals surface area contributed by atoms with Crippen molar-refractivity contribution in [2.24, 2.45) is 0 Å². The molecule has 1 unspecified atom stereocenters. The average Bonchev–Trinajstić information content (AvgIpc) is 3.06. The molecule has 0 saturated heterocycles. The van der Waals surface area contributed by atoms with Gasteiger partial charge in [-0.1, -0.05) is 64.1 Å². The summed E-state index contributed by atoms with van der Waals surface area (Å²) in [5.74, 6) is 0.918. The van der Waals surface area contributed by atoms with E-state index in [2.05, 4.69) is 31.1 Å². The minimum Gasteiger partial charge on any atom is -0.493 e. The van der Waals surface area contributed by atoms with E-state index < -0.39 is 6.23 Å². The van der Waals surface area contributed by atoms with Crippen molar-refractivity contribution in [2.75, 3.05) is 25.4 Å². The Hall–Kier alpha value is -3.63. The van der Waals surface area contributed by atoms with Crippen molar-refractivity contribution in [1.82, 2.24) is 15.2 Å². The summed E-state index contributed by atoms with van der Waals surface area (Å²) in [4.78, 5) is 20.3. The van der Waals surface area contributed by atoms with Crippen molar-refractivity contribution >= 4 is 39.3 Å². The van der Waals surface area contributed by atoms with Crippen LogP contribution >= 0.6 is 27.7 Å². The van der Waals surface area contributed by atoms with Crippen molar-refractivity contribution in [2.45, 2.75) is 11.4 Å². The number of methoxy groups -OCH3 is 2. The molecule has 1 atom stereocenters. The Labute approximate surface area is 220 Å². The van der Waals surface area contributed by atoms with Crippen LogP contribution in [0.15, 0.2) is 76.4 Å². The van der Waals surface area contributed by atoms with E-state index in [4.69, 9.17) is 14.2 Å². The fourth-order valence-electron chi connectivity index (χ4n) is 4.08. The summed E-state index contributed by atoms with van der Waals surface area (Å²) in [6, 6.07) is 20.1. The molecule has 1 aliphatic heterocycles. The van der Waals surface area contributed by atoms with Crippen LogP contribution in [-0.4, -0.2) is 41.6 Å². The van der Waals surface area contributed by atoms with Gasteiger partial charge in [-0.2, -0.15) is 4.98 Å². The Morgan fingerprint density at radius 1 is 1.03 bits per heavy atom. The molecule has 2 heterocycles. The number of hydrogen-bond donors (Lipinski definition) is 0. The zero-order valence-electron chi connectivity index (χ0n) is 19.6. The van der Waals surface area contributed by atoms with E-state index in [1.807, 2.05) is 54.8 Å². The standard InChI is InChI=1S/C26H21BrN4O4S/c1-33-20-14-16(27)13-18(22(20)34-2)25-31(24(32)15-9-5-4-6-10-15)19-12-8-7-11-17(19)21-23(35-25)28-26(36-3)30-29-21/h4-14,25H,1-3H3. The lowest BCUT2D eigenvalue weighted by atomic mass is 10.1. The maximum absolute atomic E-state index is 14.1. The first-order chi connectivity index (χ1) is 17.5. The highest BCUT2D eigenvalue weighted by atomic mass is 79.9. The van der Waals surface area contributed by atoms with Crippen LogP contribution in [0.25, 0.3) is 11.3 Å². The van der Waals surface area contributed by atoms with Gasteiger partial charge in [0.25, 0.3) is 5.91 Å². The summed E-state index contributed by atoms with van der Waals surface area (Å²) >= 11 is 4.91. The van der Waals surface area contributed by atoms with E-state index in [1.54, 1.807) is 37.3 Å². The number of benzene rings is 3. The summed E-state index contributed by atoms with van der Waals surface area (Å²) in [6.45, 7) is 0. The molecule has 1 aliphatic rings. The van der Waals surface area contributed by atoms with Crippen molar-refractivity contribution in [3.05, 3.63) is 82.3 Å². The number of hydrogen-bond acceptors (Lipinski definition) is 8. The normalized spacial score (nSPS) is 14.2. The first-order valence-corrected chi connectivity index (χ1v) is 12.9. The molecular formula is C26H21BrN4O4S. The lowest BCUT2D eigenvalue weighted by Gasteiger charge is -2.32. The van der Waals surface area contributed by atoms with Crippen LogP contribution in [0.3, 0.4) is 0 Å². The van der Waals surface area contributed by atoms with Gasteiger partial charge in [0.2, 0.25) is 17.3 Å². The highest BCUT2D eigenvalue weighted by Crippen LogP contribution is 2.47. The van der Waals surface area contributed by atoms with Gasteiger partial charge in [-0.3, -0.25) is 9.69 Å². The summed E-state index contributed by atoms with van der Waals surface area (Å²) in [5, 5.41) is 9.09. The predicted octanol–water partition coefficient (Wildman–Crippen LogP) is 5.78. The molecule has 0 bridgehead atoms. The SMILES string of the molecule is COc1cc(Br)cc(C2Oc3nc(SC)nnc3-c3ccccc3N2C(=O)c2ccccc2)c1OC. The molecule has 0 fully saturated rings. The lowest BCUT2D eigenvalue weighted by molar-refractivity contribution is 0.0907. The van der Waals surface area contributed by atoms with E-state index in [0.29, 0.717) is 44.7 Å². The Balaban J connectivity index is 1.82. The van der Waals surface area contributed by atoms with Gasteiger partial charge < -0.3 is 14.2 Å². The predicted molar refractivity (Wildman–Crippen MR) is 141 cm³/mol. The van der Waals surface area contributed by atoms with Gasteiger partial charge in [0.05, 0.1) is 25.5 Å². The third-order valence-electron chi connectivity index (χ3n) is 5.67. The van der Waals surface area contributed by atoms with Crippen LogP contribution in [-0.2, 0) is 0 Å². The summed E-state index contributed by atoms with van der Waals surface area (Å²) in [7, 11) is 3.11. The van der Waals surface area contributed by atoms with E-state index in [1.165, 1.54) is 11.8 Å². The summed E-state index contributed by atoms with van der Waals surface area (Å²) in [6.07, 6.45) is 0.895. The second-order valence-corrected chi connectivity index (χ2v) is 9.40. The number of fused-ring (bicyclic) bond motifs is 3. The minimum atomic E-state index is -0.965. The highest BCUT2D eigenvalue weighted by molar-refractivity contribution is 9.10. The number of rotatable bonds is 5. The molecular weight excluding hydrogens is 544 g/mol.